The van der Waals surface area contributed by atoms with E-state index in [2.05, 4.69) is 22.1 Å². The summed E-state index contributed by atoms with van der Waals surface area (Å²) in [5.41, 5.74) is 7.96. The molecule has 20 heavy (non-hydrogen) atoms. The van der Waals surface area contributed by atoms with E-state index in [4.69, 9.17) is 5.73 Å². The van der Waals surface area contributed by atoms with Crippen LogP contribution in [0.25, 0.3) is 16.5 Å². The molecular formula is C15H16N4S. The molecule has 4 nitrogen and oxygen atoms in total. The standard InChI is InChI=1S/C15H16N4S/c1-11(16)10-12-4-2-8-19(12)15-17-7-6-13(18-15)14-5-3-9-20-14/h2-9,11H,10,16H2,1H3. The molecular weight excluding hydrogens is 268 g/mol. The summed E-state index contributed by atoms with van der Waals surface area (Å²) >= 11 is 1.68. The van der Waals surface area contributed by atoms with E-state index in [1.807, 2.05) is 41.3 Å². The van der Waals surface area contributed by atoms with Gasteiger partial charge in [0.25, 0.3) is 0 Å². The molecule has 0 fully saturated rings. The predicted octanol–water partition coefficient (Wildman–Crippen LogP) is 2.89. The number of nitrogens with zero attached hydrogens (tertiary/aromatic N) is 3. The molecule has 0 saturated heterocycles. The normalized spacial score (nSPS) is 12.5. The highest BCUT2D eigenvalue weighted by Gasteiger charge is 2.09. The molecule has 0 aliphatic carbocycles. The van der Waals surface area contributed by atoms with Crippen LogP contribution in [0.1, 0.15) is 12.6 Å². The SMILES string of the molecule is CC(N)Cc1cccn1-c1nccc(-c2cccs2)n1. The largest absolute Gasteiger partial charge is 0.328 e. The van der Waals surface area contributed by atoms with E-state index in [0.717, 1.165) is 22.7 Å². The first-order chi connectivity index (χ1) is 9.74. The number of aromatic nitrogens is 3. The lowest BCUT2D eigenvalue weighted by molar-refractivity contribution is 0.702. The molecule has 0 aromatic carbocycles. The molecule has 3 aromatic heterocycles. The Balaban J connectivity index is 1.99. The van der Waals surface area contributed by atoms with Crippen molar-refractivity contribution in [3.8, 4) is 16.5 Å². The van der Waals surface area contributed by atoms with Crippen LogP contribution in [0.2, 0.25) is 0 Å². The molecule has 0 bridgehead atoms. The molecule has 0 radical (unpaired) electrons. The van der Waals surface area contributed by atoms with E-state index in [-0.39, 0.29) is 6.04 Å². The number of nitrogens with two attached hydrogens (primary N) is 1. The van der Waals surface area contributed by atoms with Crippen LogP contribution in [0.3, 0.4) is 0 Å². The van der Waals surface area contributed by atoms with Gasteiger partial charge in [-0.15, -0.1) is 11.3 Å². The van der Waals surface area contributed by atoms with E-state index in [0.29, 0.717) is 5.95 Å². The number of hydrogen-bond acceptors (Lipinski definition) is 4. The third-order valence-corrected chi connectivity index (χ3v) is 3.89. The molecule has 3 rings (SSSR count). The minimum absolute atomic E-state index is 0.115. The molecule has 3 aromatic rings. The Morgan fingerprint density at radius 1 is 1.30 bits per heavy atom. The van der Waals surface area contributed by atoms with Gasteiger partial charge in [0, 0.05) is 30.6 Å². The van der Waals surface area contributed by atoms with Crippen LogP contribution in [-0.2, 0) is 6.42 Å². The Kier molecular flexibility index (Phi) is 3.62. The number of hydrogen-bond donors (Lipinski definition) is 1. The Hall–Kier alpha value is -1.98. The maximum atomic E-state index is 5.89. The van der Waals surface area contributed by atoms with Crippen molar-refractivity contribution in [3.63, 3.8) is 0 Å². The second-order valence-electron chi connectivity index (χ2n) is 4.77. The molecule has 0 aliphatic heterocycles. The van der Waals surface area contributed by atoms with Gasteiger partial charge in [0.2, 0.25) is 5.95 Å². The van der Waals surface area contributed by atoms with E-state index in [1.54, 1.807) is 17.5 Å². The van der Waals surface area contributed by atoms with Gasteiger partial charge in [-0.2, -0.15) is 0 Å². The summed E-state index contributed by atoms with van der Waals surface area (Å²) in [6.45, 7) is 2.00. The molecule has 102 valence electrons. The quantitative estimate of drug-likeness (QED) is 0.801. The maximum Gasteiger partial charge on any atom is 0.234 e. The van der Waals surface area contributed by atoms with Crippen LogP contribution in [0.4, 0.5) is 0 Å². The third kappa shape index (κ3) is 2.64. The predicted molar refractivity (Wildman–Crippen MR) is 82.0 cm³/mol. The lowest BCUT2D eigenvalue weighted by Gasteiger charge is -2.10. The summed E-state index contributed by atoms with van der Waals surface area (Å²) in [7, 11) is 0. The summed E-state index contributed by atoms with van der Waals surface area (Å²) < 4.78 is 2.00. The van der Waals surface area contributed by atoms with E-state index in [1.165, 1.54) is 0 Å². The zero-order valence-corrected chi connectivity index (χ0v) is 12.0. The number of rotatable bonds is 4. The summed E-state index contributed by atoms with van der Waals surface area (Å²) in [4.78, 5) is 10.2. The molecule has 2 N–H and O–H groups in total. The lowest BCUT2D eigenvalue weighted by atomic mass is 10.2. The highest BCUT2D eigenvalue weighted by molar-refractivity contribution is 7.13. The van der Waals surface area contributed by atoms with Gasteiger partial charge in [-0.1, -0.05) is 6.07 Å². The monoisotopic (exact) mass is 284 g/mol. The van der Waals surface area contributed by atoms with Gasteiger partial charge >= 0.3 is 0 Å². The average Bonchev–Trinajstić information content (AvgIpc) is 3.09. The van der Waals surface area contributed by atoms with Crippen molar-refractivity contribution in [2.45, 2.75) is 19.4 Å². The fraction of sp³-hybridized carbons (Fsp3) is 0.200. The van der Waals surface area contributed by atoms with Crippen LogP contribution in [0.15, 0.2) is 48.1 Å². The van der Waals surface area contributed by atoms with E-state index < -0.39 is 0 Å². The van der Waals surface area contributed by atoms with Crippen molar-refractivity contribution in [3.05, 3.63) is 53.8 Å². The fourth-order valence-electron chi connectivity index (χ4n) is 2.13. The van der Waals surface area contributed by atoms with Crippen molar-refractivity contribution in [2.24, 2.45) is 5.73 Å². The minimum atomic E-state index is 0.115. The first kappa shape index (κ1) is 13.0. The molecule has 0 amide bonds. The van der Waals surface area contributed by atoms with Crippen LogP contribution in [-0.4, -0.2) is 20.6 Å². The van der Waals surface area contributed by atoms with Crippen molar-refractivity contribution in [1.82, 2.24) is 14.5 Å². The van der Waals surface area contributed by atoms with Crippen molar-refractivity contribution in [2.75, 3.05) is 0 Å². The highest BCUT2D eigenvalue weighted by atomic mass is 32.1. The summed E-state index contributed by atoms with van der Waals surface area (Å²) in [5.74, 6) is 0.691. The van der Waals surface area contributed by atoms with Gasteiger partial charge < -0.3 is 5.73 Å². The van der Waals surface area contributed by atoms with Gasteiger partial charge in [0.1, 0.15) is 0 Å². The van der Waals surface area contributed by atoms with Crippen LogP contribution in [0.5, 0.6) is 0 Å². The van der Waals surface area contributed by atoms with Crippen molar-refractivity contribution < 1.29 is 0 Å². The molecule has 3 heterocycles. The van der Waals surface area contributed by atoms with Crippen LogP contribution >= 0.6 is 11.3 Å². The topological polar surface area (TPSA) is 56.7 Å². The molecule has 1 atom stereocenters. The Bertz CT molecular complexity index is 685. The van der Waals surface area contributed by atoms with E-state index in [9.17, 15) is 0 Å². The molecule has 0 aliphatic rings. The summed E-state index contributed by atoms with van der Waals surface area (Å²) in [6, 6.07) is 10.2. The molecule has 0 spiro atoms. The smallest absolute Gasteiger partial charge is 0.234 e. The zero-order chi connectivity index (χ0) is 13.9. The molecule has 0 saturated carbocycles. The zero-order valence-electron chi connectivity index (χ0n) is 11.2. The molecule has 1 unspecified atom stereocenters. The fourth-order valence-corrected chi connectivity index (χ4v) is 2.83. The van der Waals surface area contributed by atoms with Crippen LogP contribution < -0.4 is 5.73 Å². The maximum absolute atomic E-state index is 5.89. The van der Waals surface area contributed by atoms with Gasteiger partial charge in [-0.3, -0.25) is 4.57 Å². The minimum Gasteiger partial charge on any atom is -0.328 e. The van der Waals surface area contributed by atoms with Gasteiger partial charge in [-0.25, -0.2) is 9.97 Å². The summed E-state index contributed by atoms with van der Waals surface area (Å²) in [6.07, 6.45) is 4.58. The highest BCUT2D eigenvalue weighted by Crippen LogP contribution is 2.23. The second-order valence-corrected chi connectivity index (χ2v) is 5.72. The third-order valence-electron chi connectivity index (χ3n) is 3.00. The first-order valence-corrected chi connectivity index (χ1v) is 7.41. The van der Waals surface area contributed by atoms with Crippen molar-refractivity contribution >= 4 is 11.3 Å². The molecule has 5 heteroatoms. The Morgan fingerprint density at radius 3 is 2.95 bits per heavy atom. The second kappa shape index (κ2) is 5.56. The number of thiophene rings is 1. The lowest BCUT2D eigenvalue weighted by Crippen LogP contribution is -2.20. The first-order valence-electron chi connectivity index (χ1n) is 6.53. The van der Waals surface area contributed by atoms with Gasteiger partial charge in [-0.05, 0) is 36.6 Å². The van der Waals surface area contributed by atoms with Crippen LogP contribution in [0, 0.1) is 0 Å². The summed E-state index contributed by atoms with van der Waals surface area (Å²) in [5, 5.41) is 2.05. The van der Waals surface area contributed by atoms with Gasteiger partial charge in [0.15, 0.2) is 0 Å². The van der Waals surface area contributed by atoms with Gasteiger partial charge in [0.05, 0.1) is 10.6 Å². The van der Waals surface area contributed by atoms with Crippen molar-refractivity contribution in [1.29, 1.82) is 0 Å². The Morgan fingerprint density at radius 2 is 2.20 bits per heavy atom. The Labute approximate surface area is 121 Å². The average molecular weight is 284 g/mol. The van der Waals surface area contributed by atoms with E-state index >= 15 is 0 Å².